The first-order chi connectivity index (χ1) is 10.7. The highest BCUT2D eigenvalue weighted by atomic mass is 16.5. The SMILES string of the molecule is CCCC(CCO)CNC(=O)c1cc2cccc(OC)c2o1. The summed E-state index contributed by atoms with van der Waals surface area (Å²) in [6.45, 7) is 2.78. The van der Waals surface area contributed by atoms with Crippen molar-refractivity contribution in [2.45, 2.75) is 26.2 Å². The molecule has 0 fully saturated rings. The van der Waals surface area contributed by atoms with Gasteiger partial charge in [0.25, 0.3) is 5.91 Å². The number of rotatable bonds is 8. The maximum absolute atomic E-state index is 12.2. The van der Waals surface area contributed by atoms with Crippen molar-refractivity contribution in [1.29, 1.82) is 0 Å². The third-order valence-electron chi connectivity index (χ3n) is 3.74. The van der Waals surface area contributed by atoms with Crippen LogP contribution in [-0.4, -0.2) is 31.3 Å². The molecular formula is C17H23NO4. The van der Waals surface area contributed by atoms with Gasteiger partial charge in [0.1, 0.15) is 0 Å². The summed E-state index contributed by atoms with van der Waals surface area (Å²) in [6.07, 6.45) is 2.71. The highest BCUT2D eigenvalue weighted by Crippen LogP contribution is 2.28. The highest BCUT2D eigenvalue weighted by molar-refractivity contribution is 5.97. The molecule has 0 radical (unpaired) electrons. The quantitative estimate of drug-likeness (QED) is 0.786. The second kappa shape index (κ2) is 7.84. The van der Waals surface area contributed by atoms with Gasteiger partial charge in [-0.2, -0.15) is 0 Å². The average Bonchev–Trinajstić information content (AvgIpc) is 2.96. The zero-order valence-electron chi connectivity index (χ0n) is 13.1. The van der Waals surface area contributed by atoms with E-state index < -0.39 is 0 Å². The van der Waals surface area contributed by atoms with Crippen molar-refractivity contribution < 1.29 is 19.1 Å². The van der Waals surface area contributed by atoms with Gasteiger partial charge in [-0.1, -0.05) is 25.5 Å². The fourth-order valence-electron chi connectivity index (χ4n) is 2.57. The van der Waals surface area contributed by atoms with E-state index in [2.05, 4.69) is 12.2 Å². The van der Waals surface area contributed by atoms with Gasteiger partial charge in [-0.05, 0) is 30.9 Å². The minimum atomic E-state index is -0.239. The Bertz CT molecular complexity index is 614. The monoisotopic (exact) mass is 305 g/mol. The summed E-state index contributed by atoms with van der Waals surface area (Å²) in [5.41, 5.74) is 0.579. The Labute approximate surface area is 130 Å². The maximum atomic E-state index is 12.2. The molecule has 0 saturated carbocycles. The largest absolute Gasteiger partial charge is 0.493 e. The molecule has 5 heteroatoms. The topological polar surface area (TPSA) is 71.7 Å². The molecular weight excluding hydrogens is 282 g/mol. The number of carbonyl (C=O) groups excluding carboxylic acids is 1. The molecule has 120 valence electrons. The number of fused-ring (bicyclic) bond motifs is 1. The summed E-state index contributed by atoms with van der Waals surface area (Å²) in [4.78, 5) is 12.2. The van der Waals surface area contributed by atoms with Gasteiger partial charge in [-0.3, -0.25) is 4.79 Å². The smallest absolute Gasteiger partial charge is 0.287 e. The number of furan rings is 1. The van der Waals surface area contributed by atoms with Crippen molar-refractivity contribution in [1.82, 2.24) is 5.32 Å². The summed E-state index contributed by atoms with van der Waals surface area (Å²) in [5, 5.41) is 12.8. The standard InChI is InChI=1S/C17H23NO4/c1-3-5-12(8-9-19)11-18-17(20)15-10-13-6-4-7-14(21-2)16(13)22-15/h4,6-7,10,12,19H,3,5,8-9,11H2,1-2H3,(H,18,20). The first-order valence-corrected chi connectivity index (χ1v) is 7.65. The van der Waals surface area contributed by atoms with E-state index in [1.165, 1.54) is 0 Å². The highest BCUT2D eigenvalue weighted by Gasteiger charge is 2.16. The molecule has 0 spiro atoms. The maximum Gasteiger partial charge on any atom is 0.287 e. The van der Waals surface area contributed by atoms with Gasteiger partial charge >= 0.3 is 0 Å². The molecule has 22 heavy (non-hydrogen) atoms. The van der Waals surface area contributed by atoms with Crippen molar-refractivity contribution in [3.63, 3.8) is 0 Å². The molecule has 1 aromatic carbocycles. The number of nitrogens with one attached hydrogen (secondary N) is 1. The van der Waals surface area contributed by atoms with Crippen LogP contribution in [0.2, 0.25) is 0 Å². The fourth-order valence-corrected chi connectivity index (χ4v) is 2.57. The van der Waals surface area contributed by atoms with Crippen LogP contribution in [0.25, 0.3) is 11.0 Å². The Balaban J connectivity index is 2.06. The lowest BCUT2D eigenvalue weighted by Crippen LogP contribution is -2.29. The first kappa shape index (κ1) is 16.4. The van der Waals surface area contributed by atoms with E-state index in [9.17, 15) is 4.79 Å². The first-order valence-electron chi connectivity index (χ1n) is 7.65. The molecule has 0 bridgehead atoms. The number of benzene rings is 1. The lowest BCUT2D eigenvalue weighted by Gasteiger charge is -2.14. The second-order valence-electron chi connectivity index (χ2n) is 5.37. The van der Waals surface area contributed by atoms with Crippen LogP contribution in [0, 0.1) is 5.92 Å². The van der Waals surface area contributed by atoms with Crippen LogP contribution in [0.15, 0.2) is 28.7 Å². The average molecular weight is 305 g/mol. The predicted octanol–water partition coefficient (Wildman–Crippen LogP) is 2.97. The molecule has 1 heterocycles. The van der Waals surface area contributed by atoms with Gasteiger partial charge in [-0.25, -0.2) is 0 Å². The van der Waals surface area contributed by atoms with Crippen LogP contribution in [0.4, 0.5) is 0 Å². The summed E-state index contributed by atoms with van der Waals surface area (Å²) in [6, 6.07) is 7.25. The predicted molar refractivity (Wildman–Crippen MR) is 85.2 cm³/mol. The van der Waals surface area contributed by atoms with Crippen LogP contribution >= 0.6 is 0 Å². The number of ether oxygens (including phenoxy) is 1. The Hall–Kier alpha value is -2.01. The summed E-state index contributed by atoms with van der Waals surface area (Å²) in [7, 11) is 1.57. The van der Waals surface area contributed by atoms with Gasteiger partial charge in [0.2, 0.25) is 0 Å². The molecule has 0 saturated heterocycles. The Morgan fingerprint density at radius 1 is 1.41 bits per heavy atom. The van der Waals surface area contributed by atoms with Crippen molar-refractivity contribution in [3.8, 4) is 5.75 Å². The van der Waals surface area contributed by atoms with Crippen molar-refractivity contribution in [2.75, 3.05) is 20.3 Å². The normalized spacial score (nSPS) is 12.3. The number of amides is 1. The molecule has 2 rings (SSSR count). The van der Waals surface area contributed by atoms with Crippen LogP contribution < -0.4 is 10.1 Å². The Morgan fingerprint density at radius 2 is 2.23 bits per heavy atom. The van der Waals surface area contributed by atoms with Gasteiger partial charge in [0.05, 0.1) is 7.11 Å². The molecule has 2 aromatic rings. The van der Waals surface area contributed by atoms with Crippen LogP contribution in [0.3, 0.4) is 0 Å². The van der Waals surface area contributed by atoms with E-state index in [0.717, 1.165) is 18.2 Å². The minimum absolute atomic E-state index is 0.141. The van der Waals surface area contributed by atoms with Crippen molar-refractivity contribution >= 4 is 16.9 Å². The molecule has 1 unspecified atom stereocenters. The summed E-state index contributed by atoms with van der Waals surface area (Å²) in [5.74, 6) is 0.939. The summed E-state index contributed by atoms with van der Waals surface area (Å²) >= 11 is 0. The number of carbonyl (C=O) groups is 1. The van der Waals surface area contributed by atoms with Crippen molar-refractivity contribution in [2.24, 2.45) is 5.92 Å². The van der Waals surface area contributed by atoms with E-state index in [0.29, 0.717) is 24.3 Å². The minimum Gasteiger partial charge on any atom is -0.493 e. The van der Waals surface area contributed by atoms with Gasteiger partial charge < -0.3 is 19.6 Å². The van der Waals surface area contributed by atoms with Crippen LogP contribution in [0.5, 0.6) is 5.75 Å². The van der Waals surface area contributed by atoms with Gasteiger partial charge in [0.15, 0.2) is 17.1 Å². The zero-order valence-corrected chi connectivity index (χ0v) is 13.1. The van der Waals surface area contributed by atoms with Gasteiger partial charge in [0, 0.05) is 18.5 Å². The number of aliphatic hydroxyl groups excluding tert-OH is 1. The van der Waals surface area contributed by atoms with E-state index in [-0.39, 0.29) is 24.2 Å². The number of methoxy groups -OCH3 is 1. The van der Waals surface area contributed by atoms with Crippen LogP contribution in [0.1, 0.15) is 36.7 Å². The van der Waals surface area contributed by atoms with Crippen molar-refractivity contribution in [3.05, 3.63) is 30.0 Å². The molecule has 1 atom stereocenters. The molecule has 0 aliphatic carbocycles. The molecule has 1 amide bonds. The van der Waals surface area contributed by atoms with E-state index in [1.54, 1.807) is 19.2 Å². The Kier molecular flexibility index (Phi) is 5.83. The summed E-state index contributed by atoms with van der Waals surface area (Å²) < 4.78 is 10.8. The molecule has 1 aromatic heterocycles. The van der Waals surface area contributed by atoms with Crippen LogP contribution in [-0.2, 0) is 0 Å². The second-order valence-corrected chi connectivity index (χ2v) is 5.37. The Morgan fingerprint density at radius 3 is 2.91 bits per heavy atom. The van der Waals surface area contributed by atoms with E-state index in [1.807, 2.05) is 12.1 Å². The van der Waals surface area contributed by atoms with E-state index >= 15 is 0 Å². The van der Waals surface area contributed by atoms with E-state index in [4.69, 9.17) is 14.3 Å². The third kappa shape index (κ3) is 3.80. The number of aliphatic hydroxyl groups is 1. The van der Waals surface area contributed by atoms with Gasteiger partial charge in [-0.15, -0.1) is 0 Å². The zero-order chi connectivity index (χ0) is 15.9. The lowest BCUT2D eigenvalue weighted by atomic mass is 10.0. The molecule has 5 nitrogen and oxygen atoms in total. The molecule has 0 aliphatic rings. The number of hydrogen-bond donors (Lipinski definition) is 2. The molecule has 0 aliphatic heterocycles. The third-order valence-corrected chi connectivity index (χ3v) is 3.74. The number of hydrogen-bond acceptors (Lipinski definition) is 4. The molecule has 2 N–H and O–H groups in total. The lowest BCUT2D eigenvalue weighted by molar-refractivity contribution is 0.0917. The fraction of sp³-hybridized carbons (Fsp3) is 0.471. The number of para-hydroxylation sites is 1.